The molecule has 0 radical (unpaired) electrons. The average molecular weight is 592 g/mol. The van der Waals surface area contributed by atoms with E-state index in [2.05, 4.69) is 108 Å². The van der Waals surface area contributed by atoms with E-state index in [1.165, 1.54) is 27.6 Å². The summed E-state index contributed by atoms with van der Waals surface area (Å²) in [6.07, 6.45) is 3.74. The first kappa shape index (κ1) is 26.5. The first-order valence-corrected chi connectivity index (χ1v) is 15.6. The van der Waals surface area contributed by atoms with Crippen molar-refractivity contribution in [2.45, 2.75) is 19.3 Å². The summed E-state index contributed by atoms with van der Waals surface area (Å²) < 4.78 is 2.17. The zero-order chi connectivity index (χ0) is 30.8. The van der Waals surface area contributed by atoms with Crippen molar-refractivity contribution in [2.24, 2.45) is 0 Å². The van der Waals surface area contributed by atoms with Crippen LogP contribution in [0, 0.1) is 0 Å². The van der Waals surface area contributed by atoms with E-state index in [1.54, 1.807) is 0 Å². The summed E-state index contributed by atoms with van der Waals surface area (Å²) in [5.74, 6) is 0.825. The number of fused-ring (bicyclic) bond motifs is 6. The highest BCUT2D eigenvalue weighted by Gasteiger charge is 2.35. The van der Waals surface area contributed by atoms with Gasteiger partial charge in [-0.25, -0.2) is 15.0 Å². The van der Waals surface area contributed by atoms with Gasteiger partial charge in [-0.05, 0) is 76.9 Å². The van der Waals surface area contributed by atoms with E-state index in [-0.39, 0.29) is 5.41 Å². The highest BCUT2D eigenvalue weighted by Crippen LogP contribution is 2.49. The van der Waals surface area contributed by atoms with Crippen LogP contribution in [0.4, 0.5) is 0 Å². The molecular formula is C41H29N5. The first-order valence-electron chi connectivity index (χ1n) is 15.6. The van der Waals surface area contributed by atoms with E-state index < -0.39 is 0 Å². The summed E-state index contributed by atoms with van der Waals surface area (Å²) >= 11 is 0. The van der Waals surface area contributed by atoms with Gasteiger partial charge in [0.2, 0.25) is 0 Å². The summed E-state index contributed by atoms with van der Waals surface area (Å²) in [5, 5.41) is 2.33. The van der Waals surface area contributed by atoms with Crippen LogP contribution in [0.15, 0.2) is 140 Å². The molecule has 0 aliphatic heterocycles. The molecule has 9 rings (SSSR count). The van der Waals surface area contributed by atoms with Crippen molar-refractivity contribution < 1.29 is 0 Å². The lowest BCUT2D eigenvalue weighted by molar-refractivity contribution is 0.660. The Morgan fingerprint density at radius 1 is 0.500 bits per heavy atom. The van der Waals surface area contributed by atoms with Gasteiger partial charge in [-0.15, -0.1) is 0 Å². The molecule has 0 fully saturated rings. The molecule has 0 spiro atoms. The molecular weight excluding hydrogens is 562 g/mol. The summed E-state index contributed by atoms with van der Waals surface area (Å²) in [5.41, 5.74) is 12.7. The fraction of sp³-hybridized carbons (Fsp3) is 0.0732. The molecule has 0 N–H and O–H groups in total. The maximum Gasteiger partial charge on any atom is 0.138 e. The third-order valence-corrected chi connectivity index (χ3v) is 9.34. The molecule has 218 valence electrons. The van der Waals surface area contributed by atoms with E-state index >= 15 is 0 Å². The maximum absolute atomic E-state index is 5.10. The Bertz CT molecular complexity index is 2420. The lowest BCUT2D eigenvalue weighted by atomic mass is 9.82. The fourth-order valence-electron chi connectivity index (χ4n) is 7.08. The van der Waals surface area contributed by atoms with Gasteiger partial charge in [0.15, 0.2) is 0 Å². The summed E-state index contributed by atoms with van der Waals surface area (Å²) in [6, 6.07) is 44.2. The monoisotopic (exact) mass is 591 g/mol. The summed E-state index contributed by atoms with van der Waals surface area (Å²) in [7, 11) is 0. The third-order valence-electron chi connectivity index (χ3n) is 9.34. The van der Waals surface area contributed by atoms with Crippen molar-refractivity contribution in [1.29, 1.82) is 0 Å². The number of aromatic nitrogens is 5. The Hall–Kier alpha value is -5.94. The van der Waals surface area contributed by atoms with Gasteiger partial charge in [0, 0.05) is 27.9 Å². The van der Waals surface area contributed by atoms with Gasteiger partial charge in [-0.2, -0.15) is 0 Å². The number of benzene rings is 3. The van der Waals surface area contributed by atoms with Crippen molar-refractivity contribution >= 4 is 21.8 Å². The van der Waals surface area contributed by atoms with Crippen LogP contribution in [0.2, 0.25) is 0 Å². The van der Waals surface area contributed by atoms with Gasteiger partial charge in [0.25, 0.3) is 0 Å². The Kier molecular flexibility index (Phi) is 5.78. The van der Waals surface area contributed by atoms with Crippen LogP contribution in [-0.2, 0) is 5.41 Å². The highest BCUT2D eigenvalue weighted by molar-refractivity contribution is 6.08. The van der Waals surface area contributed by atoms with Crippen molar-refractivity contribution in [2.75, 3.05) is 0 Å². The molecule has 8 aromatic rings. The van der Waals surface area contributed by atoms with E-state index in [9.17, 15) is 0 Å². The van der Waals surface area contributed by atoms with E-state index in [1.807, 2.05) is 54.9 Å². The molecule has 46 heavy (non-hydrogen) atoms. The zero-order valence-corrected chi connectivity index (χ0v) is 25.5. The number of pyridine rings is 4. The van der Waals surface area contributed by atoms with Crippen molar-refractivity contribution in [3.05, 3.63) is 151 Å². The van der Waals surface area contributed by atoms with Gasteiger partial charge < -0.3 is 0 Å². The van der Waals surface area contributed by atoms with Crippen molar-refractivity contribution in [1.82, 2.24) is 24.5 Å². The molecule has 5 nitrogen and oxygen atoms in total. The second-order valence-corrected chi connectivity index (χ2v) is 12.4. The molecule has 1 aliphatic carbocycles. The molecule has 0 saturated carbocycles. The smallest absolute Gasteiger partial charge is 0.138 e. The predicted molar refractivity (Wildman–Crippen MR) is 186 cm³/mol. The number of hydrogen-bond acceptors (Lipinski definition) is 4. The minimum absolute atomic E-state index is 0.0628. The lowest BCUT2D eigenvalue weighted by Crippen LogP contribution is -2.14. The van der Waals surface area contributed by atoms with E-state index in [0.29, 0.717) is 0 Å². The normalized spacial score (nSPS) is 13.2. The molecule has 1 aliphatic rings. The molecule has 0 atom stereocenters. The molecule has 5 aromatic heterocycles. The van der Waals surface area contributed by atoms with Crippen LogP contribution in [0.3, 0.4) is 0 Å². The minimum atomic E-state index is -0.0628. The molecule has 5 heteroatoms. The van der Waals surface area contributed by atoms with Crippen LogP contribution in [0.25, 0.3) is 72.8 Å². The quantitative estimate of drug-likeness (QED) is 0.204. The average Bonchev–Trinajstić information content (AvgIpc) is 3.57. The SMILES string of the molecule is CC1(C)c2ccccc2-c2ccc(-c3cccc(-c4cccc(-c5cccc(-n6c7ccccc7c7ccncc76)n5)n4)n3)cc21. The highest BCUT2D eigenvalue weighted by atomic mass is 15.1. The Balaban J connectivity index is 1.09. The van der Waals surface area contributed by atoms with Gasteiger partial charge in [0.1, 0.15) is 5.82 Å². The fourth-order valence-corrected chi connectivity index (χ4v) is 7.08. The topological polar surface area (TPSA) is 56.5 Å². The summed E-state index contributed by atoms with van der Waals surface area (Å²) in [6.45, 7) is 4.61. The minimum Gasteiger partial charge on any atom is -0.292 e. The molecule has 0 amide bonds. The van der Waals surface area contributed by atoms with Gasteiger partial charge in [-0.3, -0.25) is 9.55 Å². The van der Waals surface area contributed by atoms with E-state index in [4.69, 9.17) is 15.0 Å². The lowest BCUT2D eigenvalue weighted by Gasteiger charge is -2.21. The first-order chi connectivity index (χ1) is 22.6. The number of hydrogen-bond donors (Lipinski definition) is 0. The van der Waals surface area contributed by atoms with Crippen LogP contribution in [0.1, 0.15) is 25.0 Å². The third kappa shape index (κ3) is 4.02. The van der Waals surface area contributed by atoms with Crippen LogP contribution >= 0.6 is 0 Å². The van der Waals surface area contributed by atoms with Crippen LogP contribution in [0.5, 0.6) is 0 Å². The summed E-state index contributed by atoms with van der Waals surface area (Å²) in [4.78, 5) is 19.7. The molecule has 0 bridgehead atoms. The maximum atomic E-state index is 5.10. The van der Waals surface area contributed by atoms with Crippen LogP contribution < -0.4 is 0 Å². The van der Waals surface area contributed by atoms with Gasteiger partial charge >= 0.3 is 0 Å². The van der Waals surface area contributed by atoms with E-state index in [0.717, 1.165) is 56.3 Å². The standard InChI is InChI=1S/C41H29N5/c1-41(2)31-12-5-3-10-27(31)28-21-20-26(24-32(28)41)33-13-7-14-34(43-33)35-15-8-16-36(44-35)37-17-9-19-40(45-37)46-38-18-6-4-11-29(38)30-22-23-42-25-39(30)46/h3-25H,1-2H3. The number of para-hydroxylation sites is 1. The Labute approximate surface area is 266 Å². The molecule has 0 unspecified atom stereocenters. The van der Waals surface area contributed by atoms with Gasteiger partial charge in [0.05, 0.1) is 45.7 Å². The largest absolute Gasteiger partial charge is 0.292 e. The predicted octanol–water partition coefficient (Wildman–Crippen LogP) is 9.67. The van der Waals surface area contributed by atoms with Crippen LogP contribution in [-0.4, -0.2) is 24.5 Å². The molecule has 5 heterocycles. The van der Waals surface area contributed by atoms with Crippen molar-refractivity contribution in [3.8, 4) is 51.0 Å². The van der Waals surface area contributed by atoms with Gasteiger partial charge in [-0.1, -0.05) is 86.6 Å². The second kappa shape index (κ2) is 10.0. The number of rotatable bonds is 4. The molecule has 0 saturated heterocycles. The zero-order valence-electron chi connectivity index (χ0n) is 25.5. The number of nitrogens with zero attached hydrogens (tertiary/aromatic N) is 5. The Morgan fingerprint density at radius 3 is 1.96 bits per heavy atom. The molecule has 3 aromatic carbocycles. The second-order valence-electron chi connectivity index (χ2n) is 12.4. The van der Waals surface area contributed by atoms with Crippen molar-refractivity contribution in [3.63, 3.8) is 0 Å². The Morgan fingerprint density at radius 2 is 1.13 bits per heavy atom.